The molecule has 0 radical (unpaired) electrons. The SMILES string of the molecule is C/C=C(/C)S/C(=C(\C)c1ccc(C(C)(C)C)cc1)c1c(F)cc(F)cc1F.CCC(=O)c1ccc([N+](=O)[O-])s1. The quantitative estimate of drug-likeness (QED) is 0.122. The van der Waals surface area contributed by atoms with E-state index in [1.54, 1.807) is 6.92 Å². The number of ketones is 1. The third-order valence-electron chi connectivity index (χ3n) is 5.80. The molecule has 208 valence electrons. The molecule has 1 heterocycles. The van der Waals surface area contributed by atoms with Crippen molar-refractivity contribution in [2.75, 3.05) is 0 Å². The molecule has 9 heteroatoms. The van der Waals surface area contributed by atoms with Gasteiger partial charge in [-0.05, 0) is 53.9 Å². The molecule has 0 aliphatic rings. The lowest BCUT2D eigenvalue weighted by Crippen LogP contribution is -2.10. The summed E-state index contributed by atoms with van der Waals surface area (Å²) in [6.45, 7) is 13.7. The summed E-state index contributed by atoms with van der Waals surface area (Å²) in [6.07, 6.45) is 2.26. The maximum atomic E-state index is 14.5. The van der Waals surface area contributed by atoms with E-state index < -0.39 is 22.4 Å². The van der Waals surface area contributed by atoms with E-state index in [0.717, 1.165) is 39.5 Å². The highest BCUT2D eigenvalue weighted by molar-refractivity contribution is 8.12. The van der Waals surface area contributed by atoms with Crippen molar-refractivity contribution in [3.8, 4) is 0 Å². The molecular formula is C30H32F3NO3S2. The molecule has 0 amide bonds. The third-order valence-corrected chi connectivity index (χ3v) is 8.15. The van der Waals surface area contributed by atoms with Gasteiger partial charge in [0.05, 0.1) is 15.4 Å². The van der Waals surface area contributed by atoms with Gasteiger partial charge in [-0.1, -0.05) is 81.1 Å². The Kier molecular flexibility index (Phi) is 11.3. The van der Waals surface area contributed by atoms with E-state index >= 15 is 0 Å². The minimum absolute atomic E-state index is 0.0183. The molecule has 1 aromatic heterocycles. The summed E-state index contributed by atoms with van der Waals surface area (Å²) in [5.74, 6) is -2.77. The summed E-state index contributed by atoms with van der Waals surface area (Å²) < 4.78 is 42.3. The van der Waals surface area contributed by atoms with Crippen LogP contribution in [-0.4, -0.2) is 10.7 Å². The summed E-state index contributed by atoms with van der Waals surface area (Å²) in [6, 6.07) is 12.3. The molecule has 0 aliphatic carbocycles. The second kappa shape index (κ2) is 13.8. The number of hydrogen-bond donors (Lipinski definition) is 0. The predicted octanol–water partition coefficient (Wildman–Crippen LogP) is 10.2. The lowest BCUT2D eigenvalue weighted by Gasteiger charge is -2.20. The van der Waals surface area contributed by atoms with Crippen molar-refractivity contribution in [2.24, 2.45) is 0 Å². The van der Waals surface area contributed by atoms with E-state index in [1.807, 2.05) is 51.1 Å². The van der Waals surface area contributed by atoms with Crippen molar-refractivity contribution in [3.05, 3.63) is 109 Å². The molecule has 3 aromatic rings. The smallest absolute Gasteiger partial charge is 0.293 e. The minimum Gasteiger partial charge on any atom is -0.293 e. The van der Waals surface area contributed by atoms with Crippen molar-refractivity contribution in [1.82, 2.24) is 0 Å². The first kappa shape index (κ1) is 32.0. The lowest BCUT2D eigenvalue weighted by molar-refractivity contribution is -0.380. The van der Waals surface area contributed by atoms with Gasteiger partial charge in [0.25, 0.3) is 0 Å². The van der Waals surface area contributed by atoms with Gasteiger partial charge < -0.3 is 0 Å². The van der Waals surface area contributed by atoms with Crippen LogP contribution in [0.2, 0.25) is 0 Å². The van der Waals surface area contributed by atoms with Gasteiger partial charge in [0.1, 0.15) is 17.5 Å². The molecule has 3 rings (SSSR count). The molecule has 0 bridgehead atoms. The zero-order valence-electron chi connectivity index (χ0n) is 23.0. The van der Waals surface area contributed by atoms with E-state index in [9.17, 15) is 28.1 Å². The Hall–Kier alpha value is -3.17. The lowest BCUT2D eigenvalue weighted by atomic mass is 9.86. The Morgan fingerprint density at radius 3 is 2.03 bits per heavy atom. The number of benzene rings is 2. The summed E-state index contributed by atoms with van der Waals surface area (Å²) in [4.78, 5) is 22.6. The van der Waals surface area contributed by atoms with Crippen LogP contribution in [0.3, 0.4) is 0 Å². The number of halogens is 3. The maximum Gasteiger partial charge on any atom is 0.324 e. The van der Waals surface area contributed by atoms with Crippen LogP contribution in [0.15, 0.2) is 59.5 Å². The first-order chi connectivity index (χ1) is 18.2. The number of thiophene rings is 1. The van der Waals surface area contributed by atoms with Gasteiger partial charge in [-0.25, -0.2) is 13.2 Å². The van der Waals surface area contributed by atoms with Crippen LogP contribution in [0, 0.1) is 27.6 Å². The van der Waals surface area contributed by atoms with Crippen LogP contribution in [-0.2, 0) is 5.41 Å². The molecule has 0 atom stereocenters. The fraction of sp³-hybridized carbons (Fsp3) is 0.300. The first-order valence-corrected chi connectivity index (χ1v) is 13.9. The monoisotopic (exact) mass is 575 g/mol. The number of nitro groups is 1. The Labute approximate surface area is 235 Å². The van der Waals surface area contributed by atoms with E-state index in [-0.39, 0.29) is 21.8 Å². The second-order valence-corrected chi connectivity index (χ2v) is 12.0. The summed E-state index contributed by atoms with van der Waals surface area (Å²) in [7, 11) is 0. The van der Waals surface area contributed by atoms with Crippen LogP contribution in [0.4, 0.5) is 18.2 Å². The van der Waals surface area contributed by atoms with Gasteiger partial charge in [0, 0.05) is 29.5 Å². The number of rotatable bonds is 7. The zero-order chi connectivity index (χ0) is 29.5. The van der Waals surface area contributed by atoms with E-state index in [4.69, 9.17) is 0 Å². The summed E-state index contributed by atoms with van der Waals surface area (Å²) in [5, 5.41) is 10.3. The molecule has 0 spiro atoms. The van der Waals surface area contributed by atoms with Crippen LogP contribution >= 0.6 is 23.1 Å². The standard InChI is InChI=1S/C23H25F3S.C7H7NO3S/c1-7-14(2)27-22(21-19(25)12-18(24)13-20(21)26)15(3)16-8-10-17(11-9-16)23(4,5)6;1-2-5(9)6-3-4-7(12-6)8(10)11/h7-13H,1-6H3;3-4H,2H2,1H3/b14-7-,22-15+;. The Balaban J connectivity index is 0.000000370. The van der Waals surface area contributed by atoms with Gasteiger partial charge in [-0.15, -0.1) is 0 Å². The van der Waals surface area contributed by atoms with Crippen molar-refractivity contribution < 1.29 is 22.9 Å². The Morgan fingerprint density at radius 2 is 1.59 bits per heavy atom. The van der Waals surface area contributed by atoms with Crippen molar-refractivity contribution in [2.45, 2.75) is 60.3 Å². The molecule has 0 saturated carbocycles. The molecular weight excluding hydrogens is 543 g/mol. The number of carbonyl (C=O) groups is 1. The molecule has 2 aromatic carbocycles. The summed E-state index contributed by atoms with van der Waals surface area (Å²) >= 11 is 2.21. The van der Waals surface area contributed by atoms with Crippen LogP contribution in [0.1, 0.15) is 81.2 Å². The molecule has 39 heavy (non-hydrogen) atoms. The third kappa shape index (κ3) is 8.66. The zero-order valence-corrected chi connectivity index (χ0v) is 24.7. The number of allylic oxidation sites excluding steroid dienone is 3. The minimum atomic E-state index is -0.923. The number of hydrogen-bond acceptors (Lipinski definition) is 5. The highest BCUT2D eigenvalue weighted by atomic mass is 32.2. The maximum absolute atomic E-state index is 14.5. The number of carbonyl (C=O) groups excluding carboxylic acids is 1. The van der Waals surface area contributed by atoms with Crippen LogP contribution in [0.25, 0.3) is 10.5 Å². The van der Waals surface area contributed by atoms with Gasteiger partial charge in [-0.2, -0.15) is 0 Å². The Bertz CT molecular complexity index is 1380. The normalized spacial score (nSPS) is 12.4. The fourth-order valence-corrected chi connectivity index (χ4v) is 5.23. The van der Waals surface area contributed by atoms with Crippen molar-refractivity contribution >= 4 is 44.4 Å². The predicted molar refractivity (Wildman–Crippen MR) is 157 cm³/mol. The number of nitrogens with zero attached hydrogens (tertiary/aromatic N) is 1. The first-order valence-electron chi connectivity index (χ1n) is 12.2. The second-order valence-electron chi connectivity index (χ2n) is 9.70. The average molecular weight is 576 g/mol. The van der Waals surface area contributed by atoms with E-state index in [0.29, 0.717) is 16.2 Å². The molecule has 0 unspecified atom stereocenters. The highest BCUT2D eigenvalue weighted by Crippen LogP contribution is 2.42. The average Bonchev–Trinajstić information content (AvgIpc) is 3.37. The van der Waals surface area contributed by atoms with E-state index in [2.05, 4.69) is 20.8 Å². The topological polar surface area (TPSA) is 60.2 Å². The molecule has 4 nitrogen and oxygen atoms in total. The van der Waals surface area contributed by atoms with E-state index in [1.165, 1.54) is 29.5 Å². The van der Waals surface area contributed by atoms with Crippen LogP contribution in [0.5, 0.6) is 0 Å². The summed E-state index contributed by atoms with van der Waals surface area (Å²) in [5.41, 5.74) is 2.62. The van der Waals surface area contributed by atoms with Crippen LogP contribution < -0.4 is 0 Å². The largest absolute Gasteiger partial charge is 0.324 e. The molecule has 0 fully saturated rings. The van der Waals surface area contributed by atoms with Gasteiger partial charge in [0.2, 0.25) is 0 Å². The van der Waals surface area contributed by atoms with Gasteiger partial charge >= 0.3 is 5.00 Å². The van der Waals surface area contributed by atoms with Gasteiger partial charge in [0.15, 0.2) is 5.78 Å². The molecule has 0 aliphatic heterocycles. The van der Waals surface area contributed by atoms with Gasteiger partial charge in [-0.3, -0.25) is 14.9 Å². The van der Waals surface area contributed by atoms with Crippen molar-refractivity contribution in [1.29, 1.82) is 0 Å². The Morgan fingerprint density at radius 1 is 1.03 bits per heavy atom. The highest BCUT2D eigenvalue weighted by Gasteiger charge is 2.20. The number of Topliss-reactive ketones (excluding diaryl/α,β-unsaturated/α-hetero) is 1. The fourth-order valence-electron chi connectivity index (χ4n) is 3.40. The molecule has 0 saturated heterocycles. The number of thioether (sulfide) groups is 1. The molecule has 0 N–H and O–H groups in total. The van der Waals surface area contributed by atoms with Crippen molar-refractivity contribution in [3.63, 3.8) is 0 Å².